The standard InChI is InChI=1S/C15H18N2/c1-11-15(12-7-9-16-10-8-12)13-5-3-4-6-14(13)17(11)2/h3-7,16H,8-10H2,1-2H3. The lowest BCUT2D eigenvalue weighted by atomic mass is 9.97. The Labute approximate surface area is 102 Å². The minimum absolute atomic E-state index is 0.998. The number of para-hydroxylation sites is 1. The molecule has 0 saturated carbocycles. The fourth-order valence-electron chi connectivity index (χ4n) is 2.78. The van der Waals surface area contributed by atoms with Crippen molar-refractivity contribution in [3.05, 3.63) is 41.6 Å². The zero-order valence-corrected chi connectivity index (χ0v) is 10.5. The molecule has 1 aromatic heterocycles. The van der Waals surface area contributed by atoms with Gasteiger partial charge in [-0.15, -0.1) is 0 Å². The van der Waals surface area contributed by atoms with Crippen LogP contribution in [0.15, 0.2) is 30.3 Å². The summed E-state index contributed by atoms with van der Waals surface area (Å²) >= 11 is 0. The summed E-state index contributed by atoms with van der Waals surface area (Å²) in [5, 5.41) is 4.77. The summed E-state index contributed by atoms with van der Waals surface area (Å²) in [7, 11) is 2.16. The smallest absolute Gasteiger partial charge is 0.0486 e. The third-order valence-corrected chi connectivity index (χ3v) is 3.78. The molecule has 1 N–H and O–H groups in total. The van der Waals surface area contributed by atoms with Crippen LogP contribution in [0, 0.1) is 6.92 Å². The molecule has 0 aliphatic carbocycles. The number of benzene rings is 1. The Kier molecular flexibility index (Phi) is 2.52. The van der Waals surface area contributed by atoms with Crippen molar-refractivity contribution in [2.45, 2.75) is 13.3 Å². The van der Waals surface area contributed by atoms with Crippen molar-refractivity contribution < 1.29 is 0 Å². The highest BCUT2D eigenvalue weighted by molar-refractivity contribution is 5.95. The maximum atomic E-state index is 3.38. The first-order valence-electron chi connectivity index (χ1n) is 6.23. The van der Waals surface area contributed by atoms with E-state index < -0.39 is 0 Å². The van der Waals surface area contributed by atoms with Gasteiger partial charge in [0.2, 0.25) is 0 Å². The molecule has 2 heterocycles. The number of nitrogens with one attached hydrogen (secondary N) is 1. The van der Waals surface area contributed by atoms with Crippen molar-refractivity contribution in [2.24, 2.45) is 7.05 Å². The van der Waals surface area contributed by atoms with Gasteiger partial charge in [0.25, 0.3) is 0 Å². The summed E-state index contributed by atoms with van der Waals surface area (Å²) in [6, 6.07) is 8.68. The van der Waals surface area contributed by atoms with Crippen LogP contribution in [0.5, 0.6) is 0 Å². The molecule has 1 aliphatic heterocycles. The van der Waals surface area contributed by atoms with E-state index in [0.717, 1.165) is 19.5 Å². The van der Waals surface area contributed by atoms with Gasteiger partial charge in [0, 0.05) is 35.8 Å². The molecule has 1 aromatic carbocycles. The lowest BCUT2D eigenvalue weighted by molar-refractivity contribution is 0.738. The first-order valence-corrected chi connectivity index (χ1v) is 6.23. The van der Waals surface area contributed by atoms with Gasteiger partial charge in [-0.3, -0.25) is 0 Å². The second kappa shape index (κ2) is 4.04. The predicted molar refractivity (Wildman–Crippen MR) is 73.1 cm³/mol. The van der Waals surface area contributed by atoms with Crippen LogP contribution in [0.3, 0.4) is 0 Å². The molecule has 0 unspecified atom stereocenters. The summed E-state index contributed by atoms with van der Waals surface area (Å²) in [4.78, 5) is 0. The normalized spacial score (nSPS) is 16.2. The van der Waals surface area contributed by atoms with Gasteiger partial charge < -0.3 is 9.88 Å². The van der Waals surface area contributed by atoms with Crippen LogP contribution in [0.25, 0.3) is 16.5 Å². The van der Waals surface area contributed by atoms with Crippen molar-refractivity contribution in [3.63, 3.8) is 0 Å². The van der Waals surface area contributed by atoms with E-state index in [4.69, 9.17) is 0 Å². The molecule has 3 rings (SSSR count). The van der Waals surface area contributed by atoms with E-state index in [9.17, 15) is 0 Å². The Hall–Kier alpha value is -1.54. The largest absolute Gasteiger partial charge is 0.347 e. The van der Waals surface area contributed by atoms with Crippen molar-refractivity contribution >= 4 is 16.5 Å². The Bertz CT molecular complexity index is 590. The van der Waals surface area contributed by atoms with Gasteiger partial charge >= 0.3 is 0 Å². The average Bonchev–Trinajstić information content (AvgIpc) is 2.64. The van der Waals surface area contributed by atoms with E-state index in [2.05, 4.69) is 54.2 Å². The highest BCUT2D eigenvalue weighted by Gasteiger charge is 2.15. The molecule has 1 aliphatic rings. The van der Waals surface area contributed by atoms with Gasteiger partial charge in [0.15, 0.2) is 0 Å². The van der Waals surface area contributed by atoms with Gasteiger partial charge in [0.05, 0.1) is 0 Å². The second-order valence-corrected chi connectivity index (χ2v) is 4.72. The van der Waals surface area contributed by atoms with E-state index in [1.807, 2.05) is 0 Å². The molecule has 0 atom stereocenters. The Morgan fingerprint density at radius 1 is 1.24 bits per heavy atom. The predicted octanol–water partition coefficient (Wildman–Crippen LogP) is 2.86. The number of aryl methyl sites for hydroxylation is 1. The minimum atomic E-state index is 0.998. The van der Waals surface area contributed by atoms with Crippen LogP contribution in [-0.4, -0.2) is 17.7 Å². The third-order valence-electron chi connectivity index (χ3n) is 3.78. The Balaban J connectivity index is 2.28. The number of aromatic nitrogens is 1. The van der Waals surface area contributed by atoms with E-state index >= 15 is 0 Å². The Morgan fingerprint density at radius 3 is 2.82 bits per heavy atom. The van der Waals surface area contributed by atoms with E-state index in [1.165, 1.54) is 27.7 Å². The number of hydrogen-bond acceptors (Lipinski definition) is 1. The van der Waals surface area contributed by atoms with Crippen LogP contribution in [0.2, 0.25) is 0 Å². The molecule has 0 amide bonds. The van der Waals surface area contributed by atoms with Gasteiger partial charge in [-0.1, -0.05) is 24.3 Å². The lowest BCUT2D eigenvalue weighted by Crippen LogP contribution is -2.20. The molecule has 0 spiro atoms. The number of hydrogen-bond donors (Lipinski definition) is 1. The molecule has 88 valence electrons. The van der Waals surface area contributed by atoms with Crippen LogP contribution in [-0.2, 0) is 7.05 Å². The zero-order valence-electron chi connectivity index (χ0n) is 10.5. The molecule has 0 radical (unpaired) electrons. The van der Waals surface area contributed by atoms with E-state index in [-0.39, 0.29) is 0 Å². The molecule has 0 saturated heterocycles. The quantitative estimate of drug-likeness (QED) is 0.791. The van der Waals surface area contributed by atoms with Crippen molar-refractivity contribution in [1.82, 2.24) is 9.88 Å². The van der Waals surface area contributed by atoms with Gasteiger partial charge in [-0.05, 0) is 31.5 Å². The van der Waals surface area contributed by atoms with Gasteiger partial charge in [0.1, 0.15) is 0 Å². The highest BCUT2D eigenvalue weighted by Crippen LogP contribution is 2.32. The van der Waals surface area contributed by atoms with Crippen molar-refractivity contribution in [2.75, 3.05) is 13.1 Å². The topological polar surface area (TPSA) is 17.0 Å². The summed E-state index contributed by atoms with van der Waals surface area (Å²) < 4.78 is 2.30. The number of nitrogens with zero attached hydrogens (tertiary/aromatic N) is 1. The average molecular weight is 226 g/mol. The first-order chi connectivity index (χ1) is 8.29. The van der Waals surface area contributed by atoms with Crippen molar-refractivity contribution in [3.8, 4) is 0 Å². The second-order valence-electron chi connectivity index (χ2n) is 4.72. The molecule has 2 nitrogen and oxygen atoms in total. The number of rotatable bonds is 1. The fourth-order valence-corrected chi connectivity index (χ4v) is 2.78. The number of fused-ring (bicyclic) bond motifs is 1. The van der Waals surface area contributed by atoms with Crippen LogP contribution < -0.4 is 5.32 Å². The fraction of sp³-hybridized carbons (Fsp3) is 0.333. The zero-order chi connectivity index (χ0) is 11.8. The molecule has 2 aromatic rings. The van der Waals surface area contributed by atoms with Crippen LogP contribution in [0.4, 0.5) is 0 Å². The Morgan fingerprint density at radius 2 is 2.06 bits per heavy atom. The third kappa shape index (κ3) is 1.60. The summed E-state index contributed by atoms with van der Waals surface area (Å²) in [6.45, 7) is 4.31. The van der Waals surface area contributed by atoms with Gasteiger partial charge in [-0.25, -0.2) is 0 Å². The molecule has 2 heteroatoms. The molecular weight excluding hydrogens is 208 g/mol. The molecule has 0 bridgehead atoms. The summed E-state index contributed by atoms with van der Waals surface area (Å²) in [5.74, 6) is 0. The molecule has 17 heavy (non-hydrogen) atoms. The summed E-state index contributed by atoms with van der Waals surface area (Å²) in [5.41, 5.74) is 5.65. The molecule has 0 fully saturated rings. The van der Waals surface area contributed by atoms with Crippen LogP contribution in [0.1, 0.15) is 17.7 Å². The highest BCUT2D eigenvalue weighted by atomic mass is 14.9. The summed E-state index contributed by atoms with van der Waals surface area (Å²) in [6.07, 6.45) is 3.47. The SMILES string of the molecule is Cc1c(C2=CCNCC2)c2ccccc2n1C. The van der Waals surface area contributed by atoms with E-state index in [0.29, 0.717) is 0 Å². The van der Waals surface area contributed by atoms with Crippen molar-refractivity contribution in [1.29, 1.82) is 0 Å². The lowest BCUT2D eigenvalue weighted by Gasteiger charge is -2.14. The van der Waals surface area contributed by atoms with Crippen LogP contribution >= 0.6 is 0 Å². The maximum absolute atomic E-state index is 3.38. The monoisotopic (exact) mass is 226 g/mol. The molecular formula is C15H18N2. The van der Waals surface area contributed by atoms with E-state index in [1.54, 1.807) is 0 Å². The van der Waals surface area contributed by atoms with Gasteiger partial charge in [-0.2, -0.15) is 0 Å². The maximum Gasteiger partial charge on any atom is 0.0486 e. The minimum Gasteiger partial charge on any atom is -0.347 e. The first kappa shape index (κ1) is 10.6.